The minimum Gasteiger partial charge on any atom is -0.504 e. The minimum atomic E-state index is -2.90. The van der Waals surface area contributed by atoms with Crippen LogP contribution < -0.4 is 9.47 Å². The van der Waals surface area contributed by atoms with Gasteiger partial charge >= 0.3 is 6.61 Å². The highest BCUT2D eigenvalue weighted by Crippen LogP contribution is 2.29. The highest BCUT2D eigenvalue weighted by atomic mass is 32.1. The third-order valence-corrected chi connectivity index (χ3v) is 3.89. The van der Waals surface area contributed by atoms with Gasteiger partial charge < -0.3 is 14.6 Å². The SMILES string of the molecule is CCOc1cccc(/C=N/n2c(-c3ccc(OC(F)F)cc3)n[nH]c2=S)c1O. The number of ether oxygens (including phenoxy) is 2. The van der Waals surface area contributed by atoms with E-state index in [4.69, 9.17) is 17.0 Å². The number of para-hydroxylation sites is 1. The van der Waals surface area contributed by atoms with E-state index in [9.17, 15) is 13.9 Å². The molecule has 7 nitrogen and oxygen atoms in total. The molecular weight excluding hydrogens is 390 g/mol. The van der Waals surface area contributed by atoms with Crippen molar-refractivity contribution in [1.29, 1.82) is 0 Å². The Balaban J connectivity index is 1.91. The quantitative estimate of drug-likeness (QED) is 0.454. The number of rotatable bonds is 7. The molecule has 0 spiro atoms. The van der Waals surface area contributed by atoms with Crippen molar-refractivity contribution in [2.24, 2.45) is 5.10 Å². The second-order valence-corrected chi connectivity index (χ2v) is 5.83. The van der Waals surface area contributed by atoms with Crippen LogP contribution in [0, 0.1) is 4.77 Å². The van der Waals surface area contributed by atoms with Gasteiger partial charge in [0.1, 0.15) is 5.75 Å². The maximum absolute atomic E-state index is 12.3. The zero-order chi connectivity index (χ0) is 20.1. The first-order valence-electron chi connectivity index (χ1n) is 8.21. The predicted molar refractivity (Wildman–Crippen MR) is 102 cm³/mol. The molecule has 0 radical (unpaired) electrons. The molecule has 28 heavy (non-hydrogen) atoms. The monoisotopic (exact) mass is 406 g/mol. The van der Waals surface area contributed by atoms with Crippen LogP contribution in [0.5, 0.6) is 17.2 Å². The van der Waals surface area contributed by atoms with E-state index in [0.29, 0.717) is 29.3 Å². The maximum Gasteiger partial charge on any atom is 0.387 e. The Morgan fingerprint density at radius 1 is 1.29 bits per heavy atom. The summed E-state index contributed by atoms with van der Waals surface area (Å²) in [5.41, 5.74) is 1.01. The standard InChI is InChI=1S/C18H16F2N4O3S/c1-2-26-14-5-3-4-12(15(14)25)10-21-24-16(22-23-18(24)28)11-6-8-13(9-7-11)27-17(19)20/h3-10,17,25H,2H2,1H3,(H,23,28)/b21-10+. The smallest absolute Gasteiger partial charge is 0.387 e. The molecule has 10 heteroatoms. The zero-order valence-electron chi connectivity index (χ0n) is 14.7. The van der Waals surface area contributed by atoms with Gasteiger partial charge in [0.2, 0.25) is 4.77 Å². The molecule has 0 atom stereocenters. The number of halogens is 2. The van der Waals surface area contributed by atoms with E-state index < -0.39 is 6.61 Å². The van der Waals surface area contributed by atoms with Crippen LogP contribution in [0.15, 0.2) is 47.6 Å². The molecule has 0 amide bonds. The number of aromatic nitrogens is 3. The Hall–Kier alpha value is -3.27. The molecule has 3 aromatic rings. The number of phenols is 1. The van der Waals surface area contributed by atoms with Crippen LogP contribution in [-0.2, 0) is 0 Å². The molecule has 0 unspecified atom stereocenters. The highest BCUT2D eigenvalue weighted by Gasteiger charge is 2.11. The molecule has 1 aromatic heterocycles. The number of phenolic OH excluding ortho intramolecular Hbond substituents is 1. The Bertz CT molecular complexity index is 1030. The van der Waals surface area contributed by atoms with E-state index >= 15 is 0 Å². The van der Waals surface area contributed by atoms with Crippen LogP contribution >= 0.6 is 12.2 Å². The molecule has 0 aliphatic rings. The molecule has 146 valence electrons. The number of alkyl halides is 2. The first kappa shape index (κ1) is 19.5. The fraction of sp³-hybridized carbons (Fsp3) is 0.167. The van der Waals surface area contributed by atoms with Gasteiger partial charge in [-0.1, -0.05) is 6.07 Å². The van der Waals surface area contributed by atoms with Crippen molar-refractivity contribution >= 4 is 18.4 Å². The minimum absolute atomic E-state index is 0.0283. The third-order valence-electron chi connectivity index (χ3n) is 3.63. The summed E-state index contributed by atoms with van der Waals surface area (Å²) in [6.45, 7) is -0.671. The number of aromatic amines is 1. The van der Waals surface area contributed by atoms with Gasteiger partial charge in [-0.3, -0.25) is 0 Å². The lowest BCUT2D eigenvalue weighted by Crippen LogP contribution is -2.01. The van der Waals surface area contributed by atoms with Crippen molar-refractivity contribution in [3.8, 4) is 28.6 Å². The Labute approximate surface area is 163 Å². The lowest BCUT2D eigenvalue weighted by Gasteiger charge is -2.07. The number of nitrogens with zero attached hydrogens (tertiary/aromatic N) is 3. The molecular formula is C18H16F2N4O3S. The summed E-state index contributed by atoms with van der Waals surface area (Å²) in [6, 6.07) is 10.9. The number of benzene rings is 2. The highest BCUT2D eigenvalue weighted by molar-refractivity contribution is 7.71. The average molecular weight is 406 g/mol. The summed E-state index contributed by atoms with van der Waals surface area (Å²) in [5, 5.41) is 21.3. The first-order valence-corrected chi connectivity index (χ1v) is 8.62. The molecule has 3 rings (SSSR count). The fourth-order valence-electron chi connectivity index (χ4n) is 2.41. The second-order valence-electron chi connectivity index (χ2n) is 5.44. The van der Waals surface area contributed by atoms with Crippen LogP contribution in [-0.4, -0.2) is 39.4 Å². The summed E-state index contributed by atoms with van der Waals surface area (Å²) in [5.74, 6) is 0.696. The van der Waals surface area contributed by atoms with E-state index in [1.165, 1.54) is 23.0 Å². The number of hydrogen-bond acceptors (Lipinski definition) is 6. The van der Waals surface area contributed by atoms with E-state index in [-0.39, 0.29) is 16.3 Å². The number of H-pyrrole nitrogens is 1. The molecule has 2 aromatic carbocycles. The van der Waals surface area contributed by atoms with Gasteiger partial charge in [0.05, 0.1) is 12.8 Å². The van der Waals surface area contributed by atoms with Gasteiger partial charge in [-0.25, -0.2) is 5.10 Å². The lowest BCUT2D eigenvalue weighted by molar-refractivity contribution is -0.0498. The molecule has 0 saturated carbocycles. The van der Waals surface area contributed by atoms with Crippen LogP contribution in [0.4, 0.5) is 8.78 Å². The number of hydrogen-bond donors (Lipinski definition) is 2. The summed E-state index contributed by atoms with van der Waals surface area (Å²) < 4.78 is 35.8. The van der Waals surface area contributed by atoms with Crippen molar-refractivity contribution in [2.45, 2.75) is 13.5 Å². The summed E-state index contributed by atoms with van der Waals surface area (Å²) in [6.07, 6.45) is 1.42. The van der Waals surface area contributed by atoms with Gasteiger partial charge in [0.15, 0.2) is 17.3 Å². The molecule has 0 aliphatic carbocycles. The van der Waals surface area contributed by atoms with E-state index in [1.807, 2.05) is 6.92 Å². The molecule has 0 aliphatic heterocycles. The van der Waals surface area contributed by atoms with E-state index in [2.05, 4.69) is 20.0 Å². The first-order chi connectivity index (χ1) is 13.5. The van der Waals surface area contributed by atoms with Crippen LogP contribution in [0.2, 0.25) is 0 Å². The fourth-order valence-corrected chi connectivity index (χ4v) is 2.59. The molecule has 0 bridgehead atoms. The van der Waals surface area contributed by atoms with Gasteiger partial charge in [-0.2, -0.15) is 23.7 Å². The van der Waals surface area contributed by atoms with Crippen LogP contribution in [0.1, 0.15) is 12.5 Å². The van der Waals surface area contributed by atoms with Crippen molar-refractivity contribution in [1.82, 2.24) is 14.9 Å². The van der Waals surface area contributed by atoms with Crippen molar-refractivity contribution in [3.05, 3.63) is 52.8 Å². The van der Waals surface area contributed by atoms with E-state index in [0.717, 1.165) is 0 Å². The summed E-state index contributed by atoms with van der Waals surface area (Å²) in [4.78, 5) is 0. The van der Waals surface area contributed by atoms with Crippen LogP contribution in [0.3, 0.4) is 0 Å². The molecule has 0 fully saturated rings. The summed E-state index contributed by atoms with van der Waals surface area (Å²) in [7, 11) is 0. The zero-order valence-corrected chi connectivity index (χ0v) is 15.5. The second kappa shape index (κ2) is 8.61. The average Bonchev–Trinajstić information content (AvgIpc) is 3.03. The molecule has 1 heterocycles. The Morgan fingerprint density at radius 2 is 2.04 bits per heavy atom. The Morgan fingerprint density at radius 3 is 2.71 bits per heavy atom. The number of nitrogens with one attached hydrogen (secondary N) is 1. The summed E-state index contributed by atoms with van der Waals surface area (Å²) >= 11 is 5.19. The van der Waals surface area contributed by atoms with Crippen molar-refractivity contribution in [3.63, 3.8) is 0 Å². The Kier molecular flexibility index (Phi) is 5.99. The molecule has 0 saturated heterocycles. The molecule has 2 N–H and O–H groups in total. The van der Waals surface area contributed by atoms with Gasteiger partial charge in [-0.05, 0) is 55.5 Å². The van der Waals surface area contributed by atoms with Crippen LogP contribution in [0.25, 0.3) is 11.4 Å². The topological polar surface area (TPSA) is 84.7 Å². The third kappa shape index (κ3) is 4.34. The van der Waals surface area contributed by atoms with E-state index in [1.54, 1.807) is 30.3 Å². The van der Waals surface area contributed by atoms with Gasteiger partial charge in [0.25, 0.3) is 0 Å². The lowest BCUT2D eigenvalue weighted by atomic mass is 10.2. The normalized spacial score (nSPS) is 11.3. The predicted octanol–water partition coefficient (Wildman–Crippen LogP) is 4.20. The number of aromatic hydroxyl groups is 1. The van der Waals surface area contributed by atoms with Crippen molar-refractivity contribution in [2.75, 3.05) is 6.61 Å². The van der Waals surface area contributed by atoms with Gasteiger partial charge in [0, 0.05) is 11.1 Å². The van der Waals surface area contributed by atoms with Gasteiger partial charge in [-0.15, -0.1) is 0 Å². The maximum atomic E-state index is 12.3. The van der Waals surface area contributed by atoms with Crippen molar-refractivity contribution < 1.29 is 23.4 Å². The largest absolute Gasteiger partial charge is 0.504 e.